The second-order valence-corrected chi connectivity index (χ2v) is 7.60. The number of fused-ring (bicyclic) bond motifs is 1. The van der Waals surface area contributed by atoms with Gasteiger partial charge < -0.3 is 9.32 Å². The van der Waals surface area contributed by atoms with E-state index in [2.05, 4.69) is 18.8 Å². The van der Waals surface area contributed by atoms with Crippen molar-refractivity contribution in [1.82, 2.24) is 4.98 Å². The van der Waals surface area contributed by atoms with Gasteiger partial charge in [0.05, 0.1) is 6.26 Å². The molecular formula is C19H20N3O2S+. The quantitative estimate of drug-likeness (QED) is 0.786. The van der Waals surface area contributed by atoms with E-state index in [1.807, 2.05) is 29.4 Å². The molecule has 0 bridgehead atoms. The van der Waals surface area contributed by atoms with E-state index in [1.54, 1.807) is 29.7 Å². The van der Waals surface area contributed by atoms with Gasteiger partial charge in [-0.3, -0.25) is 9.78 Å². The number of carbonyl (C=O) groups is 1. The van der Waals surface area contributed by atoms with Crippen LogP contribution < -0.4 is 9.80 Å². The smallest absolute Gasteiger partial charge is 0.298 e. The van der Waals surface area contributed by atoms with Gasteiger partial charge in [0.25, 0.3) is 5.91 Å². The van der Waals surface area contributed by atoms with E-state index in [-0.39, 0.29) is 5.91 Å². The van der Waals surface area contributed by atoms with Gasteiger partial charge in [-0.1, -0.05) is 0 Å². The first kappa shape index (κ1) is 16.1. The van der Waals surface area contributed by atoms with Gasteiger partial charge in [0.15, 0.2) is 12.4 Å². The molecule has 0 fully saturated rings. The lowest BCUT2D eigenvalue weighted by molar-refractivity contribution is -0.928. The Bertz CT molecular complexity index is 887. The fourth-order valence-corrected chi connectivity index (χ4v) is 4.46. The number of hydrogen-bond donors (Lipinski definition) is 1. The molecule has 1 unspecified atom stereocenters. The monoisotopic (exact) mass is 354 g/mol. The number of hydrogen-bond acceptors (Lipinski definition) is 4. The number of aromatic nitrogens is 1. The number of amides is 1. The van der Waals surface area contributed by atoms with E-state index in [0.29, 0.717) is 12.4 Å². The summed E-state index contributed by atoms with van der Waals surface area (Å²) in [5.74, 6) is 0.319. The summed E-state index contributed by atoms with van der Waals surface area (Å²) in [4.78, 5) is 21.5. The second kappa shape index (κ2) is 6.46. The number of furan rings is 1. The molecule has 0 radical (unpaired) electrons. The van der Waals surface area contributed by atoms with Crippen molar-refractivity contribution in [2.24, 2.45) is 0 Å². The number of nitrogens with zero attached hydrogens (tertiary/aromatic N) is 2. The van der Waals surface area contributed by atoms with Gasteiger partial charge in [0, 0.05) is 28.4 Å². The van der Waals surface area contributed by atoms with Crippen molar-refractivity contribution in [3.05, 3.63) is 70.3 Å². The standard InChI is InChI=1S/C19H19N3O2S/c1-13-14(2)25-19-16(13)11-21(10-15-5-7-20-8-6-15)12-22(19)18(23)17-4-3-9-24-17/h3-9H,10-12H2,1-2H3/p+1. The summed E-state index contributed by atoms with van der Waals surface area (Å²) in [6.45, 7) is 6.69. The summed E-state index contributed by atoms with van der Waals surface area (Å²) in [5.41, 5.74) is 3.80. The van der Waals surface area contributed by atoms with Crippen LogP contribution in [0.4, 0.5) is 5.00 Å². The van der Waals surface area contributed by atoms with Crippen LogP contribution in [0, 0.1) is 13.8 Å². The predicted molar refractivity (Wildman–Crippen MR) is 96.8 cm³/mol. The number of anilines is 1. The van der Waals surface area contributed by atoms with Gasteiger partial charge in [-0.25, -0.2) is 4.90 Å². The van der Waals surface area contributed by atoms with Gasteiger partial charge in [0.2, 0.25) is 0 Å². The van der Waals surface area contributed by atoms with E-state index in [4.69, 9.17) is 4.42 Å². The van der Waals surface area contributed by atoms with Crippen molar-refractivity contribution in [2.75, 3.05) is 11.6 Å². The summed E-state index contributed by atoms with van der Waals surface area (Å²) in [6, 6.07) is 7.55. The fraction of sp³-hybridized carbons (Fsp3) is 0.263. The highest BCUT2D eigenvalue weighted by Gasteiger charge is 2.34. The predicted octanol–water partition coefficient (Wildman–Crippen LogP) is 2.56. The molecule has 1 aliphatic heterocycles. The number of rotatable bonds is 3. The molecule has 6 heteroatoms. The van der Waals surface area contributed by atoms with Gasteiger partial charge >= 0.3 is 0 Å². The van der Waals surface area contributed by atoms with E-state index in [1.165, 1.54) is 26.5 Å². The molecule has 0 saturated carbocycles. The Morgan fingerprint density at radius 2 is 2.12 bits per heavy atom. The minimum Gasteiger partial charge on any atom is -0.459 e. The van der Waals surface area contributed by atoms with Crippen LogP contribution in [0.5, 0.6) is 0 Å². The summed E-state index contributed by atoms with van der Waals surface area (Å²) in [7, 11) is 0. The Balaban J connectivity index is 1.68. The summed E-state index contributed by atoms with van der Waals surface area (Å²) < 4.78 is 5.35. The zero-order chi connectivity index (χ0) is 17.4. The summed E-state index contributed by atoms with van der Waals surface area (Å²) >= 11 is 1.70. The van der Waals surface area contributed by atoms with E-state index >= 15 is 0 Å². The highest BCUT2D eigenvalue weighted by Crippen LogP contribution is 2.36. The zero-order valence-corrected chi connectivity index (χ0v) is 15.1. The molecule has 1 N–H and O–H groups in total. The fourth-order valence-electron chi connectivity index (χ4n) is 3.29. The molecule has 3 aromatic rings. The molecule has 1 atom stereocenters. The average molecular weight is 354 g/mol. The Kier molecular flexibility index (Phi) is 4.15. The van der Waals surface area contributed by atoms with Crippen molar-refractivity contribution < 1.29 is 14.1 Å². The SMILES string of the molecule is Cc1sc2c(c1C)C[NH+](Cc1ccncc1)CN2C(=O)c1ccco1. The largest absolute Gasteiger partial charge is 0.459 e. The van der Waals surface area contributed by atoms with Crippen LogP contribution in [0.25, 0.3) is 0 Å². The minimum absolute atomic E-state index is 0.0700. The van der Waals surface area contributed by atoms with Crippen LogP contribution in [0.3, 0.4) is 0 Å². The first-order valence-electron chi connectivity index (χ1n) is 8.30. The molecule has 128 valence electrons. The molecule has 0 spiro atoms. The Morgan fingerprint density at radius 3 is 2.84 bits per heavy atom. The van der Waals surface area contributed by atoms with Crippen LogP contribution in [0.15, 0.2) is 47.3 Å². The highest BCUT2D eigenvalue weighted by atomic mass is 32.1. The first-order valence-corrected chi connectivity index (χ1v) is 9.12. The summed E-state index contributed by atoms with van der Waals surface area (Å²) in [5, 5.41) is 1.06. The maximum atomic E-state index is 13.0. The molecule has 5 nitrogen and oxygen atoms in total. The molecular weight excluding hydrogens is 334 g/mol. The molecule has 1 amide bonds. The van der Waals surface area contributed by atoms with Crippen molar-refractivity contribution in [2.45, 2.75) is 26.9 Å². The number of carbonyl (C=O) groups excluding carboxylic acids is 1. The third kappa shape index (κ3) is 2.99. The third-order valence-electron chi connectivity index (χ3n) is 4.72. The molecule has 0 aromatic carbocycles. The third-order valence-corrected chi connectivity index (χ3v) is 6.00. The molecule has 0 saturated heterocycles. The van der Waals surface area contributed by atoms with Crippen molar-refractivity contribution in [1.29, 1.82) is 0 Å². The number of aryl methyl sites for hydroxylation is 1. The molecule has 3 aromatic heterocycles. The van der Waals surface area contributed by atoms with Gasteiger partial charge in [-0.2, -0.15) is 0 Å². The second-order valence-electron chi connectivity index (χ2n) is 6.39. The Morgan fingerprint density at radius 1 is 1.32 bits per heavy atom. The van der Waals surface area contributed by atoms with E-state index < -0.39 is 0 Å². The van der Waals surface area contributed by atoms with E-state index in [0.717, 1.165) is 18.1 Å². The van der Waals surface area contributed by atoms with Crippen molar-refractivity contribution in [3.63, 3.8) is 0 Å². The topological polar surface area (TPSA) is 50.8 Å². The van der Waals surface area contributed by atoms with Crippen LogP contribution in [-0.2, 0) is 13.1 Å². The number of nitrogens with one attached hydrogen (secondary N) is 1. The Hall–Kier alpha value is -2.44. The van der Waals surface area contributed by atoms with Gasteiger partial charge in [0.1, 0.15) is 18.1 Å². The highest BCUT2D eigenvalue weighted by molar-refractivity contribution is 7.16. The number of pyridine rings is 1. The maximum absolute atomic E-state index is 13.0. The molecule has 4 heterocycles. The summed E-state index contributed by atoms with van der Waals surface area (Å²) in [6.07, 6.45) is 5.18. The first-order chi connectivity index (χ1) is 12.1. The lowest BCUT2D eigenvalue weighted by Gasteiger charge is -2.32. The lowest BCUT2D eigenvalue weighted by atomic mass is 10.1. The van der Waals surface area contributed by atoms with Crippen LogP contribution in [-0.4, -0.2) is 17.6 Å². The number of quaternary nitrogens is 1. The maximum Gasteiger partial charge on any atom is 0.298 e. The van der Waals surface area contributed by atoms with Crippen molar-refractivity contribution >= 4 is 22.2 Å². The zero-order valence-electron chi connectivity index (χ0n) is 14.3. The van der Waals surface area contributed by atoms with Crippen LogP contribution >= 0.6 is 11.3 Å². The molecule has 4 rings (SSSR count). The molecule has 1 aliphatic rings. The molecule has 25 heavy (non-hydrogen) atoms. The normalized spacial score (nSPS) is 16.7. The van der Waals surface area contributed by atoms with Crippen molar-refractivity contribution in [3.8, 4) is 0 Å². The van der Waals surface area contributed by atoms with Crippen LogP contribution in [0.1, 0.15) is 32.1 Å². The lowest BCUT2D eigenvalue weighted by Crippen LogP contribution is -3.12. The number of thiophene rings is 1. The van der Waals surface area contributed by atoms with Gasteiger partial charge in [-0.05, 0) is 43.7 Å². The molecule has 0 aliphatic carbocycles. The van der Waals surface area contributed by atoms with Crippen LogP contribution in [0.2, 0.25) is 0 Å². The van der Waals surface area contributed by atoms with E-state index in [9.17, 15) is 4.79 Å². The Labute approximate surface area is 150 Å². The van der Waals surface area contributed by atoms with Gasteiger partial charge in [-0.15, -0.1) is 11.3 Å². The average Bonchev–Trinajstić information content (AvgIpc) is 3.25. The minimum atomic E-state index is -0.0700.